The van der Waals surface area contributed by atoms with Crippen LogP contribution in [-0.4, -0.2) is 43.5 Å². The molecular weight excluding hydrogens is 329 g/mol. The minimum Gasteiger partial charge on any atom is -0.385 e. The van der Waals surface area contributed by atoms with Gasteiger partial charge in [0.15, 0.2) is 0 Å². The van der Waals surface area contributed by atoms with E-state index < -0.39 is 0 Å². The molecular formula is C21H26FN3O. The summed E-state index contributed by atoms with van der Waals surface area (Å²) < 4.78 is 13.0. The fourth-order valence-electron chi connectivity index (χ4n) is 3.20. The van der Waals surface area contributed by atoms with E-state index in [1.165, 1.54) is 17.7 Å². The van der Waals surface area contributed by atoms with Gasteiger partial charge in [0.25, 0.3) is 0 Å². The molecule has 0 saturated carbocycles. The number of hydrogen-bond acceptors (Lipinski definition) is 3. The van der Waals surface area contributed by atoms with E-state index in [1.54, 1.807) is 12.1 Å². The fourth-order valence-corrected chi connectivity index (χ4v) is 3.20. The van der Waals surface area contributed by atoms with Crippen LogP contribution in [0.1, 0.15) is 18.9 Å². The van der Waals surface area contributed by atoms with Crippen LogP contribution >= 0.6 is 0 Å². The van der Waals surface area contributed by atoms with Crippen LogP contribution in [0.5, 0.6) is 0 Å². The summed E-state index contributed by atoms with van der Waals surface area (Å²) in [7, 11) is 0. The summed E-state index contributed by atoms with van der Waals surface area (Å²) in [6, 6.07) is 14.9. The molecule has 0 unspecified atom stereocenters. The molecule has 26 heavy (non-hydrogen) atoms. The molecule has 1 aliphatic heterocycles. The number of nitrogens with zero attached hydrogens (tertiary/aromatic N) is 2. The Labute approximate surface area is 154 Å². The maximum absolute atomic E-state index is 13.0. The second kappa shape index (κ2) is 8.70. The number of anilines is 2. The number of nitrogens with one attached hydrogen (secondary N) is 1. The van der Waals surface area contributed by atoms with Gasteiger partial charge in [0, 0.05) is 50.5 Å². The molecule has 0 bridgehead atoms. The summed E-state index contributed by atoms with van der Waals surface area (Å²) in [5.74, 6) is -0.0409. The predicted molar refractivity (Wildman–Crippen MR) is 104 cm³/mol. The monoisotopic (exact) mass is 355 g/mol. The lowest BCUT2D eigenvalue weighted by atomic mass is 10.1. The molecule has 0 spiro atoms. The van der Waals surface area contributed by atoms with Crippen molar-refractivity contribution >= 4 is 17.3 Å². The maximum atomic E-state index is 13.0. The first kappa shape index (κ1) is 18.2. The molecule has 2 aromatic carbocycles. The number of amides is 1. The average Bonchev–Trinajstić information content (AvgIpc) is 2.69. The van der Waals surface area contributed by atoms with Gasteiger partial charge in [-0.3, -0.25) is 4.79 Å². The number of benzene rings is 2. The third kappa shape index (κ3) is 4.75. The standard InChI is InChI=1S/C21H26FN3O/c1-2-17-3-7-19(8-4-17)23-12-11-21(26)25-15-13-24(14-16-25)20-9-5-18(22)6-10-20/h3-10,23H,2,11-16H2,1H3. The highest BCUT2D eigenvalue weighted by molar-refractivity contribution is 5.77. The Kier molecular flexibility index (Phi) is 6.10. The molecule has 5 heteroatoms. The highest BCUT2D eigenvalue weighted by Crippen LogP contribution is 2.17. The normalized spacial score (nSPS) is 14.4. The van der Waals surface area contributed by atoms with Crippen molar-refractivity contribution in [2.75, 3.05) is 42.9 Å². The zero-order chi connectivity index (χ0) is 18.4. The second-order valence-electron chi connectivity index (χ2n) is 6.57. The Morgan fingerprint density at radius 3 is 2.27 bits per heavy atom. The Morgan fingerprint density at radius 1 is 1.00 bits per heavy atom. The lowest BCUT2D eigenvalue weighted by molar-refractivity contribution is -0.131. The van der Waals surface area contributed by atoms with E-state index in [9.17, 15) is 9.18 Å². The number of aryl methyl sites for hydroxylation is 1. The zero-order valence-electron chi connectivity index (χ0n) is 15.2. The summed E-state index contributed by atoms with van der Waals surface area (Å²) in [5.41, 5.74) is 3.37. The van der Waals surface area contributed by atoms with Gasteiger partial charge in [-0.05, 0) is 48.4 Å². The topological polar surface area (TPSA) is 35.6 Å². The van der Waals surface area contributed by atoms with Crippen LogP contribution in [0.2, 0.25) is 0 Å². The van der Waals surface area contributed by atoms with Crippen LogP contribution in [0.15, 0.2) is 48.5 Å². The van der Waals surface area contributed by atoms with Crippen molar-refractivity contribution in [1.82, 2.24) is 4.90 Å². The van der Waals surface area contributed by atoms with Crippen molar-refractivity contribution in [2.24, 2.45) is 0 Å². The first-order valence-corrected chi connectivity index (χ1v) is 9.27. The Balaban J connectivity index is 1.41. The van der Waals surface area contributed by atoms with Gasteiger partial charge in [-0.1, -0.05) is 19.1 Å². The quantitative estimate of drug-likeness (QED) is 0.861. The summed E-state index contributed by atoms with van der Waals surface area (Å²) >= 11 is 0. The van der Waals surface area contributed by atoms with Crippen LogP contribution in [0.4, 0.5) is 15.8 Å². The highest BCUT2D eigenvalue weighted by atomic mass is 19.1. The summed E-state index contributed by atoms with van der Waals surface area (Å²) in [5, 5.41) is 3.31. The molecule has 1 amide bonds. The van der Waals surface area contributed by atoms with E-state index in [0.717, 1.165) is 30.9 Å². The molecule has 1 N–H and O–H groups in total. The third-order valence-corrected chi connectivity index (χ3v) is 4.85. The van der Waals surface area contributed by atoms with E-state index in [2.05, 4.69) is 41.4 Å². The van der Waals surface area contributed by atoms with Crippen LogP contribution < -0.4 is 10.2 Å². The molecule has 3 rings (SSSR count). The molecule has 1 fully saturated rings. The summed E-state index contributed by atoms with van der Waals surface area (Å²) in [6.45, 7) is 5.76. The number of rotatable bonds is 6. The van der Waals surface area contributed by atoms with Crippen molar-refractivity contribution in [1.29, 1.82) is 0 Å². The summed E-state index contributed by atoms with van der Waals surface area (Å²) in [4.78, 5) is 16.5. The number of halogens is 1. The van der Waals surface area contributed by atoms with Crippen molar-refractivity contribution in [3.8, 4) is 0 Å². The molecule has 0 aromatic heterocycles. The van der Waals surface area contributed by atoms with Crippen LogP contribution in [0, 0.1) is 5.82 Å². The van der Waals surface area contributed by atoms with E-state index in [4.69, 9.17) is 0 Å². The van der Waals surface area contributed by atoms with Crippen LogP contribution in [0.25, 0.3) is 0 Å². The minimum atomic E-state index is -0.223. The van der Waals surface area contributed by atoms with Gasteiger partial charge >= 0.3 is 0 Å². The van der Waals surface area contributed by atoms with Gasteiger partial charge in [0.1, 0.15) is 5.82 Å². The average molecular weight is 355 g/mol. The summed E-state index contributed by atoms with van der Waals surface area (Å²) in [6.07, 6.45) is 1.52. The molecule has 4 nitrogen and oxygen atoms in total. The van der Waals surface area contributed by atoms with Crippen molar-refractivity contribution < 1.29 is 9.18 Å². The second-order valence-corrected chi connectivity index (χ2v) is 6.57. The van der Waals surface area contributed by atoms with Gasteiger partial charge in [-0.25, -0.2) is 4.39 Å². The number of piperazine rings is 1. The van der Waals surface area contributed by atoms with Crippen molar-refractivity contribution in [2.45, 2.75) is 19.8 Å². The highest BCUT2D eigenvalue weighted by Gasteiger charge is 2.20. The molecule has 2 aromatic rings. The van der Waals surface area contributed by atoms with Gasteiger partial charge in [0.2, 0.25) is 5.91 Å². The molecule has 0 atom stereocenters. The van der Waals surface area contributed by atoms with Gasteiger partial charge in [0.05, 0.1) is 0 Å². The lowest BCUT2D eigenvalue weighted by Crippen LogP contribution is -2.49. The van der Waals surface area contributed by atoms with Crippen LogP contribution in [0.3, 0.4) is 0 Å². The number of carbonyl (C=O) groups excluding carboxylic acids is 1. The van der Waals surface area contributed by atoms with Crippen molar-refractivity contribution in [3.63, 3.8) is 0 Å². The molecule has 138 valence electrons. The van der Waals surface area contributed by atoms with E-state index in [-0.39, 0.29) is 11.7 Å². The van der Waals surface area contributed by atoms with Gasteiger partial charge in [-0.2, -0.15) is 0 Å². The van der Waals surface area contributed by atoms with E-state index in [1.807, 2.05) is 4.90 Å². The lowest BCUT2D eigenvalue weighted by Gasteiger charge is -2.36. The largest absolute Gasteiger partial charge is 0.385 e. The predicted octanol–water partition coefficient (Wildman–Crippen LogP) is 3.54. The fraction of sp³-hybridized carbons (Fsp3) is 0.381. The number of carbonyl (C=O) groups is 1. The molecule has 1 heterocycles. The molecule has 0 aliphatic carbocycles. The SMILES string of the molecule is CCc1ccc(NCCC(=O)N2CCN(c3ccc(F)cc3)CC2)cc1. The Bertz CT molecular complexity index is 707. The third-order valence-electron chi connectivity index (χ3n) is 4.85. The van der Waals surface area contributed by atoms with Gasteiger partial charge in [-0.15, -0.1) is 0 Å². The Hall–Kier alpha value is -2.56. The Morgan fingerprint density at radius 2 is 1.65 bits per heavy atom. The molecule has 0 radical (unpaired) electrons. The molecule has 1 aliphatic rings. The zero-order valence-corrected chi connectivity index (χ0v) is 15.2. The first-order valence-electron chi connectivity index (χ1n) is 9.27. The van der Waals surface area contributed by atoms with Gasteiger partial charge < -0.3 is 15.1 Å². The minimum absolute atomic E-state index is 0.182. The maximum Gasteiger partial charge on any atom is 0.224 e. The number of hydrogen-bond donors (Lipinski definition) is 1. The smallest absolute Gasteiger partial charge is 0.224 e. The van der Waals surface area contributed by atoms with E-state index in [0.29, 0.717) is 26.1 Å². The van der Waals surface area contributed by atoms with Crippen LogP contribution in [-0.2, 0) is 11.2 Å². The first-order chi connectivity index (χ1) is 12.7. The molecule has 1 saturated heterocycles. The van der Waals surface area contributed by atoms with Crippen molar-refractivity contribution in [3.05, 3.63) is 59.9 Å². The van der Waals surface area contributed by atoms with E-state index >= 15 is 0 Å².